The summed E-state index contributed by atoms with van der Waals surface area (Å²) in [5, 5.41) is 7.33. The molecule has 0 aromatic heterocycles. The Balaban J connectivity index is 0.000000594. The fourth-order valence-corrected chi connectivity index (χ4v) is 9.73. The van der Waals surface area contributed by atoms with E-state index in [-0.39, 0.29) is 64.8 Å². The molecule has 6 aromatic carbocycles. The van der Waals surface area contributed by atoms with Crippen LogP contribution in [0.15, 0.2) is 121 Å². The first-order valence-electron chi connectivity index (χ1n) is 23.7. The van der Waals surface area contributed by atoms with Crippen molar-refractivity contribution in [1.82, 2.24) is 10.2 Å². The summed E-state index contributed by atoms with van der Waals surface area (Å²) in [6.45, 7) is 8.22. The standard InChI is InChI=1S/C25H23Cl3F2N2O.C18H19Cl3N2O.C7H4F2O.C4H6O3.C2H3O.BO.Na.H2O/c1-33-15-24-25(17-3-5-18(26)6-4-17)32(23-9-7-19(27)13-20(23)28)11-10-31(24)14-16-2-8-21(29)22(30)12-16;1-24-11-16-18(12-2-4-13(19)5-3-12)23(9-8-22-16)17-7-6-14(20)10-15(17)21;8-6-2-1-5(4-10)3-7(6)9;1-3(5)7-4(2)6;1-2-3;1-2;;/h2-9,12-13,24-25H,10-11,14-15H2,1H3;2-7,10,16,18,22H,8-9,11H2,1H3;1-4H;1-2H3;1H3;;;1H2/q;;;;-1;;+1;/t24-,25+;16-,18+;;;;;;/m11....../s1. The molecule has 81 heavy (non-hydrogen) atoms. The summed E-state index contributed by atoms with van der Waals surface area (Å²) in [5.41, 5.74) is 4.89. The zero-order valence-electron chi connectivity index (χ0n) is 44.8. The number of nitrogens with one attached hydrogen (secondary N) is 1. The summed E-state index contributed by atoms with van der Waals surface area (Å²) in [4.78, 5) is 45.1. The van der Waals surface area contributed by atoms with E-state index in [0.717, 1.165) is 53.2 Å². The van der Waals surface area contributed by atoms with Gasteiger partial charge in [0.05, 0.1) is 58.8 Å². The molecule has 2 saturated heterocycles. The molecule has 25 heteroatoms. The molecule has 2 aliphatic heterocycles. The van der Waals surface area contributed by atoms with Crippen LogP contribution in [0.5, 0.6) is 0 Å². The Bertz CT molecular complexity index is 2900. The van der Waals surface area contributed by atoms with Crippen LogP contribution >= 0.6 is 69.6 Å². The van der Waals surface area contributed by atoms with Crippen molar-refractivity contribution in [3.8, 4) is 0 Å². The van der Waals surface area contributed by atoms with Gasteiger partial charge in [-0.3, -0.25) is 25.6 Å². The number of benzene rings is 6. The summed E-state index contributed by atoms with van der Waals surface area (Å²) in [7, 11) is 6.62. The molecule has 1 radical (unpaired) electrons. The number of nitrogens with zero attached hydrogens (tertiary/aromatic N) is 3. The molecular formula is C56H57BCl6F4N4NaO9. The topological polar surface area (TPSA) is 166 Å². The maximum absolute atomic E-state index is 13.9. The fraction of sp³-hybridized carbons (Fsp3) is 0.286. The Morgan fingerprint density at radius 1 is 0.630 bits per heavy atom. The van der Waals surface area contributed by atoms with Crippen LogP contribution in [0.2, 0.25) is 30.1 Å². The minimum absolute atomic E-state index is 0. The van der Waals surface area contributed by atoms with Gasteiger partial charge in [-0.05, 0) is 108 Å². The number of hydrogen-bond acceptors (Lipinski definition) is 12. The Labute approximate surface area is 522 Å². The number of rotatable bonds is 11. The molecule has 0 bridgehead atoms. The number of methoxy groups -OCH3 is 2. The second kappa shape index (κ2) is 39.1. The van der Waals surface area contributed by atoms with Crippen molar-refractivity contribution >= 4 is 113 Å². The monoisotopic (exact) mass is 1250 g/mol. The molecule has 0 aliphatic carbocycles. The molecule has 8 rings (SSSR count). The minimum Gasteiger partial charge on any atom is 1.00 e. The number of esters is 2. The Morgan fingerprint density at radius 2 is 1.07 bits per heavy atom. The van der Waals surface area contributed by atoms with Crippen molar-refractivity contribution < 1.29 is 90.7 Å². The van der Waals surface area contributed by atoms with E-state index in [2.05, 4.69) is 44.6 Å². The third kappa shape index (κ3) is 24.0. The van der Waals surface area contributed by atoms with E-state index < -0.39 is 35.2 Å². The molecule has 6 aromatic rings. The van der Waals surface area contributed by atoms with Gasteiger partial charge in [0, 0.05) is 86.4 Å². The number of halogens is 10. The molecular weight excluding hydrogens is 1200 g/mol. The largest absolute Gasteiger partial charge is 1.00 e. The zero-order valence-corrected chi connectivity index (χ0v) is 51.4. The Kier molecular flexibility index (Phi) is 36.0. The molecule has 0 spiro atoms. The number of anilines is 2. The molecule has 13 nitrogen and oxygen atoms in total. The molecule has 3 N–H and O–H groups in total. The first-order valence-corrected chi connectivity index (χ1v) is 26.0. The smallest absolute Gasteiger partial charge is 1.00 e. The summed E-state index contributed by atoms with van der Waals surface area (Å²) in [5.74, 6) is -4.76. The molecule has 429 valence electrons. The maximum atomic E-state index is 13.9. The molecule has 2 heterocycles. The first kappa shape index (κ1) is 74.5. The summed E-state index contributed by atoms with van der Waals surface area (Å²) in [6, 6.07) is 33.8. The molecule has 0 saturated carbocycles. The van der Waals surface area contributed by atoms with Gasteiger partial charge in [0.15, 0.2) is 23.3 Å². The Morgan fingerprint density at radius 3 is 1.49 bits per heavy atom. The fourth-order valence-electron chi connectivity index (χ4n) is 8.44. The number of aldehydes is 1. The van der Waals surface area contributed by atoms with E-state index in [9.17, 15) is 31.9 Å². The van der Waals surface area contributed by atoms with Gasteiger partial charge in [0.2, 0.25) is 0 Å². The minimum atomic E-state index is -0.996. The van der Waals surface area contributed by atoms with Crippen molar-refractivity contribution in [2.75, 3.05) is 63.4 Å². The van der Waals surface area contributed by atoms with Gasteiger partial charge in [-0.25, -0.2) is 17.6 Å². The average Bonchev–Trinajstić information content (AvgIpc) is 3.44. The van der Waals surface area contributed by atoms with Crippen LogP contribution in [-0.4, -0.2) is 108 Å². The molecule has 4 atom stereocenters. The molecule has 2 fully saturated rings. The number of carbonyl (C=O) groups is 3. The third-order valence-corrected chi connectivity index (χ3v) is 13.1. The molecule has 2 aliphatic rings. The zero-order chi connectivity index (χ0) is 58.8. The van der Waals surface area contributed by atoms with E-state index in [1.807, 2.05) is 60.7 Å². The van der Waals surface area contributed by atoms with E-state index in [4.69, 9.17) is 88.6 Å². The van der Waals surface area contributed by atoms with Gasteiger partial charge in [0.25, 0.3) is 0 Å². The van der Waals surface area contributed by atoms with Crippen LogP contribution in [0.25, 0.3) is 0 Å². The van der Waals surface area contributed by atoms with Crippen molar-refractivity contribution in [3.63, 3.8) is 0 Å². The van der Waals surface area contributed by atoms with Gasteiger partial charge in [-0.15, -0.1) is 0 Å². The third-order valence-electron chi connectivity index (χ3n) is 11.6. The van der Waals surface area contributed by atoms with Crippen LogP contribution in [-0.2, 0) is 39.8 Å². The normalized spacial score (nSPS) is 16.1. The maximum Gasteiger partial charge on any atom is 1.00 e. The van der Waals surface area contributed by atoms with Crippen LogP contribution in [0.1, 0.15) is 59.9 Å². The number of carbonyl (C=O) groups excluding carboxylic acids is 4. The quantitative estimate of drug-likeness (QED) is 0.0327. The summed E-state index contributed by atoms with van der Waals surface area (Å²) < 4.78 is 74.4. The predicted octanol–water partition coefficient (Wildman–Crippen LogP) is 9.49. The van der Waals surface area contributed by atoms with Crippen molar-refractivity contribution in [2.45, 2.75) is 51.5 Å². The molecule has 0 unspecified atom stereocenters. The van der Waals surface area contributed by atoms with Gasteiger partial charge in [0.1, 0.15) is 6.29 Å². The van der Waals surface area contributed by atoms with Crippen molar-refractivity contribution in [1.29, 1.82) is 0 Å². The summed E-state index contributed by atoms with van der Waals surface area (Å²) >= 11 is 37.5. The second-order valence-corrected chi connectivity index (χ2v) is 19.5. The predicted molar refractivity (Wildman–Crippen MR) is 308 cm³/mol. The first-order chi connectivity index (χ1) is 37.7. The van der Waals surface area contributed by atoms with E-state index in [0.29, 0.717) is 69.8 Å². The SMILES string of the molecule is CC(=O)OC(C)=O.COC[C@@H]1[C@H](c2ccc(Cl)cc2)N(c2ccc(Cl)cc2Cl)CCN1Cc1ccc(F)c(F)c1.COC[C@H]1NCCN(c2ccc(Cl)cc2Cl)[C@H]1c1ccc(Cl)cc1.C[C-]=O.O.O=Cc1ccc(F)c(F)c1.[B]=O.[Na+]. The van der Waals surface area contributed by atoms with Gasteiger partial charge < -0.3 is 39.6 Å². The number of piperazine rings is 2. The van der Waals surface area contributed by atoms with Gasteiger partial charge >= 0.3 is 53.9 Å². The van der Waals surface area contributed by atoms with E-state index >= 15 is 0 Å². The van der Waals surface area contributed by atoms with Crippen LogP contribution in [0, 0.1) is 23.3 Å². The average molecular weight is 1250 g/mol. The van der Waals surface area contributed by atoms with Crippen molar-refractivity contribution in [2.24, 2.45) is 0 Å². The number of hydrogen-bond donors (Lipinski definition) is 1. The van der Waals surface area contributed by atoms with Gasteiger partial charge in [-0.1, -0.05) is 99.9 Å². The van der Waals surface area contributed by atoms with Gasteiger partial charge in [-0.2, -0.15) is 6.92 Å². The van der Waals surface area contributed by atoms with E-state index in [1.54, 1.807) is 32.4 Å². The van der Waals surface area contributed by atoms with Crippen molar-refractivity contribution in [3.05, 3.63) is 197 Å². The van der Waals surface area contributed by atoms with Crippen LogP contribution in [0.4, 0.5) is 28.9 Å². The summed E-state index contributed by atoms with van der Waals surface area (Å²) in [6.07, 6.45) is 1.96. The van der Waals surface area contributed by atoms with E-state index in [1.165, 1.54) is 44.8 Å². The Hall–Kier alpha value is -4.48. The molecule has 0 amide bonds. The van der Waals surface area contributed by atoms with Crippen LogP contribution < -0.4 is 44.7 Å². The second-order valence-electron chi connectivity index (χ2n) is 16.9. The van der Waals surface area contributed by atoms with Crippen LogP contribution in [0.3, 0.4) is 0 Å². The number of ether oxygens (including phenoxy) is 3.